The smallest absolute Gasteiger partial charge is 0.336 e. The SMILES string of the molecule is CC(C)OC(C)(C(=O)O)C12CC3CC(CC(C3)C1)C2. The molecule has 0 aromatic rings. The molecule has 1 atom stereocenters. The summed E-state index contributed by atoms with van der Waals surface area (Å²) in [7, 11) is 0. The molecule has 4 aliphatic carbocycles. The molecule has 0 radical (unpaired) electrons. The minimum absolute atomic E-state index is 0.0332. The van der Waals surface area contributed by atoms with Crippen molar-refractivity contribution in [2.45, 2.75) is 71.0 Å². The standard InChI is InChI=1S/C16H26O3/c1-10(2)19-15(3,14(17)18)16-7-11-4-12(8-16)6-13(5-11)9-16/h10-13H,4-9H2,1-3H3,(H,17,18). The van der Waals surface area contributed by atoms with Crippen LogP contribution in [0.3, 0.4) is 0 Å². The van der Waals surface area contributed by atoms with Crippen LogP contribution in [0.2, 0.25) is 0 Å². The zero-order valence-electron chi connectivity index (χ0n) is 12.3. The van der Waals surface area contributed by atoms with Crippen LogP contribution in [0, 0.1) is 23.2 Å². The van der Waals surface area contributed by atoms with Gasteiger partial charge in [-0.3, -0.25) is 0 Å². The Morgan fingerprint density at radius 2 is 1.58 bits per heavy atom. The van der Waals surface area contributed by atoms with Gasteiger partial charge in [0.2, 0.25) is 0 Å². The third-order valence-electron chi connectivity index (χ3n) is 5.93. The lowest BCUT2D eigenvalue weighted by Gasteiger charge is -2.61. The van der Waals surface area contributed by atoms with Crippen LogP contribution in [-0.4, -0.2) is 22.8 Å². The average molecular weight is 266 g/mol. The summed E-state index contributed by atoms with van der Waals surface area (Å²) >= 11 is 0. The monoisotopic (exact) mass is 266 g/mol. The average Bonchev–Trinajstić information content (AvgIpc) is 2.25. The van der Waals surface area contributed by atoms with Crippen molar-refractivity contribution in [1.29, 1.82) is 0 Å². The normalized spacial score (nSPS) is 43.5. The van der Waals surface area contributed by atoms with Crippen molar-refractivity contribution < 1.29 is 14.6 Å². The van der Waals surface area contributed by atoms with Crippen LogP contribution >= 0.6 is 0 Å². The molecule has 4 fully saturated rings. The minimum Gasteiger partial charge on any atom is -0.479 e. The Morgan fingerprint density at radius 1 is 1.16 bits per heavy atom. The fourth-order valence-corrected chi connectivity index (χ4v) is 5.57. The Bertz CT molecular complexity index is 352. The lowest BCUT2D eigenvalue weighted by atomic mass is 9.45. The van der Waals surface area contributed by atoms with Gasteiger partial charge in [-0.2, -0.15) is 0 Å². The highest BCUT2D eigenvalue weighted by Gasteiger charge is 2.62. The first-order valence-electron chi connectivity index (χ1n) is 7.76. The van der Waals surface area contributed by atoms with Gasteiger partial charge >= 0.3 is 5.97 Å². The summed E-state index contributed by atoms with van der Waals surface area (Å²) in [6, 6.07) is 0. The van der Waals surface area contributed by atoms with Crippen molar-refractivity contribution in [2.75, 3.05) is 0 Å². The maximum absolute atomic E-state index is 11.9. The van der Waals surface area contributed by atoms with Crippen molar-refractivity contribution in [1.82, 2.24) is 0 Å². The number of carboxylic acid groups (broad SMARTS) is 1. The lowest BCUT2D eigenvalue weighted by molar-refractivity contribution is -0.223. The van der Waals surface area contributed by atoms with Crippen LogP contribution in [0.15, 0.2) is 0 Å². The van der Waals surface area contributed by atoms with Crippen LogP contribution < -0.4 is 0 Å². The molecule has 4 rings (SSSR count). The second-order valence-electron chi connectivity index (χ2n) is 7.70. The molecule has 4 bridgehead atoms. The highest BCUT2D eigenvalue weighted by Crippen LogP contribution is 2.64. The molecule has 0 aromatic carbocycles. The first-order valence-corrected chi connectivity index (χ1v) is 7.76. The van der Waals surface area contributed by atoms with Gasteiger partial charge in [0.25, 0.3) is 0 Å². The van der Waals surface area contributed by atoms with E-state index in [9.17, 15) is 9.90 Å². The Balaban J connectivity index is 1.95. The zero-order valence-corrected chi connectivity index (χ0v) is 12.3. The van der Waals surface area contributed by atoms with Gasteiger partial charge in [-0.15, -0.1) is 0 Å². The summed E-state index contributed by atoms with van der Waals surface area (Å²) in [5.41, 5.74) is -1.12. The van der Waals surface area contributed by atoms with Crippen molar-refractivity contribution in [3.8, 4) is 0 Å². The number of hydrogen-bond acceptors (Lipinski definition) is 2. The maximum atomic E-state index is 11.9. The molecule has 0 amide bonds. The second kappa shape index (κ2) is 4.21. The van der Waals surface area contributed by atoms with Gasteiger partial charge in [0, 0.05) is 5.41 Å². The summed E-state index contributed by atoms with van der Waals surface area (Å²) in [5.74, 6) is 1.49. The van der Waals surface area contributed by atoms with Crippen LogP contribution in [-0.2, 0) is 9.53 Å². The minimum atomic E-state index is -1.00. The van der Waals surface area contributed by atoms with Gasteiger partial charge in [-0.05, 0) is 77.0 Å². The molecule has 0 saturated heterocycles. The van der Waals surface area contributed by atoms with Crippen molar-refractivity contribution in [3.63, 3.8) is 0 Å². The molecule has 0 aromatic heterocycles. The van der Waals surface area contributed by atoms with E-state index in [4.69, 9.17) is 4.74 Å². The number of ether oxygens (including phenoxy) is 1. The van der Waals surface area contributed by atoms with Gasteiger partial charge in [0.15, 0.2) is 5.60 Å². The summed E-state index contributed by atoms with van der Waals surface area (Å²) in [5, 5.41) is 9.82. The van der Waals surface area contributed by atoms with E-state index < -0.39 is 11.6 Å². The van der Waals surface area contributed by atoms with E-state index in [1.165, 1.54) is 19.3 Å². The molecule has 4 aliphatic rings. The van der Waals surface area contributed by atoms with Gasteiger partial charge < -0.3 is 9.84 Å². The summed E-state index contributed by atoms with van der Waals surface area (Å²) in [6.45, 7) is 5.73. The van der Waals surface area contributed by atoms with Crippen LogP contribution in [0.5, 0.6) is 0 Å². The molecule has 1 unspecified atom stereocenters. The first kappa shape index (κ1) is 13.4. The topological polar surface area (TPSA) is 46.5 Å². The van der Waals surface area contributed by atoms with E-state index in [2.05, 4.69) is 0 Å². The van der Waals surface area contributed by atoms with E-state index in [1.807, 2.05) is 20.8 Å². The van der Waals surface area contributed by atoms with E-state index in [0.717, 1.165) is 37.0 Å². The van der Waals surface area contributed by atoms with Crippen LogP contribution in [0.1, 0.15) is 59.3 Å². The van der Waals surface area contributed by atoms with Crippen molar-refractivity contribution in [2.24, 2.45) is 23.2 Å². The van der Waals surface area contributed by atoms with Gasteiger partial charge in [-0.1, -0.05) is 0 Å². The van der Waals surface area contributed by atoms with Crippen LogP contribution in [0.4, 0.5) is 0 Å². The van der Waals surface area contributed by atoms with E-state index >= 15 is 0 Å². The molecule has 0 aliphatic heterocycles. The number of carboxylic acids is 1. The molecule has 4 saturated carbocycles. The summed E-state index contributed by atoms with van der Waals surface area (Å²) < 4.78 is 5.98. The Kier molecular flexibility index (Phi) is 2.97. The van der Waals surface area contributed by atoms with E-state index in [-0.39, 0.29) is 11.5 Å². The number of carbonyl (C=O) groups is 1. The Hall–Kier alpha value is -0.570. The molecule has 0 spiro atoms. The molecular weight excluding hydrogens is 240 g/mol. The molecule has 3 heteroatoms. The third kappa shape index (κ3) is 1.93. The summed E-state index contributed by atoms with van der Waals surface area (Å²) in [4.78, 5) is 11.9. The van der Waals surface area contributed by atoms with Crippen LogP contribution in [0.25, 0.3) is 0 Å². The third-order valence-corrected chi connectivity index (χ3v) is 5.93. The highest BCUT2D eigenvalue weighted by molar-refractivity contribution is 5.78. The summed E-state index contributed by atoms with van der Waals surface area (Å²) in [6.07, 6.45) is 7.15. The first-order chi connectivity index (χ1) is 8.84. The fourth-order valence-electron chi connectivity index (χ4n) is 5.57. The molecule has 0 heterocycles. The Morgan fingerprint density at radius 3 is 1.89 bits per heavy atom. The van der Waals surface area contributed by atoms with Crippen molar-refractivity contribution >= 4 is 5.97 Å². The molecule has 108 valence electrons. The predicted octanol–water partition coefficient (Wildman–Crippen LogP) is 3.47. The maximum Gasteiger partial charge on any atom is 0.336 e. The molecule has 1 N–H and O–H groups in total. The quantitative estimate of drug-likeness (QED) is 0.847. The van der Waals surface area contributed by atoms with Gasteiger partial charge in [0.1, 0.15) is 0 Å². The fraction of sp³-hybridized carbons (Fsp3) is 0.938. The largest absolute Gasteiger partial charge is 0.479 e. The van der Waals surface area contributed by atoms with Gasteiger partial charge in [0.05, 0.1) is 6.10 Å². The highest BCUT2D eigenvalue weighted by atomic mass is 16.5. The molecular formula is C16H26O3. The molecule has 3 nitrogen and oxygen atoms in total. The lowest BCUT2D eigenvalue weighted by Crippen LogP contribution is -2.62. The van der Waals surface area contributed by atoms with Crippen molar-refractivity contribution in [3.05, 3.63) is 0 Å². The predicted molar refractivity (Wildman–Crippen MR) is 72.9 cm³/mol. The zero-order chi connectivity index (χ0) is 13.8. The number of aliphatic carboxylic acids is 1. The molecule has 19 heavy (non-hydrogen) atoms. The number of hydrogen-bond donors (Lipinski definition) is 1. The number of rotatable bonds is 4. The van der Waals surface area contributed by atoms with E-state index in [0.29, 0.717) is 0 Å². The Labute approximate surface area is 115 Å². The second-order valence-corrected chi connectivity index (χ2v) is 7.70. The van der Waals surface area contributed by atoms with Gasteiger partial charge in [-0.25, -0.2) is 4.79 Å². The van der Waals surface area contributed by atoms with E-state index in [1.54, 1.807) is 0 Å².